The number of halogens is 4. The summed E-state index contributed by atoms with van der Waals surface area (Å²) in [5.41, 5.74) is 1.93. The molecule has 0 saturated carbocycles. The Morgan fingerprint density at radius 1 is 0.900 bits per heavy atom. The Morgan fingerprint density at radius 2 is 1.33 bits per heavy atom. The van der Waals surface area contributed by atoms with Crippen LogP contribution >= 0.6 is 0 Å². The van der Waals surface area contributed by atoms with Crippen molar-refractivity contribution >= 4 is 0 Å². The minimum Gasteiger partial charge on any atom is -0.507 e. The third-order valence-electron chi connectivity index (χ3n) is 5.07. The molecule has 2 aromatic rings. The van der Waals surface area contributed by atoms with Crippen LogP contribution in [0.4, 0.5) is 17.6 Å². The van der Waals surface area contributed by atoms with Crippen molar-refractivity contribution in [2.24, 2.45) is 0 Å². The fraction of sp³-hybridized carbons (Fsp3) is 0.522. The van der Waals surface area contributed by atoms with E-state index in [4.69, 9.17) is 4.74 Å². The van der Waals surface area contributed by atoms with Crippen LogP contribution in [0.2, 0.25) is 0 Å². The van der Waals surface area contributed by atoms with Crippen molar-refractivity contribution in [2.45, 2.75) is 71.6 Å². The van der Waals surface area contributed by atoms with Crippen LogP contribution in [0.25, 0.3) is 0 Å². The number of rotatable bonds is 5. The van der Waals surface area contributed by atoms with Crippen molar-refractivity contribution in [3.63, 3.8) is 0 Å². The van der Waals surface area contributed by atoms with Gasteiger partial charge >= 0.3 is 0 Å². The average molecular weight is 427 g/mol. The summed E-state index contributed by atoms with van der Waals surface area (Å²) in [4.78, 5) is 2.51. The molecule has 1 heterocycles. The SMILES string of the molecule is CC(CCOc1c(F)c(F)nc(F)c1F)c1cc(C(C)(C)C)c(O)c(C(C)(C)C)c1. The molecule has 3 nitrogen and oxygen atoms in total. The normalized spacial score (nSPS) is 13.4. The topological polar surface area (TPSA) is 42.4 Å². The fourth-order valence-corrected chi connectivity index (χ4v) is 3.18. The fourth-order valence-electron chi connectivity index (χ4n) is 3.18. The highest BCUT2D eigenvalue weighted by Crippen LogP contribution is 2.41. The molecular weight excluding hydrogens is 398 g/mol. The number of hydrogen-bond acceptors (Lipinski definition) is 3. The van der Waals surface area contributed by atoms with Gasteiger partial charge in [-0.1, -0.05) is 60.6 Å². The van der Waals surface area contributed by atoms with E-state index in [0.29, 0.717) is 6.42 Å². The summed E-state index contributed by atoms with van der Waals surface area (Å²) >= 11 is 0. The van der Waals surface area contributed by atoms with Gasteiger partial charge < -0.3 is 9.84 Å². The molecule has 0 spiro atoms. The molecule has 0 saturated heterocycles. The molecule has 0 aliphatic rings. The first-order chi connectivity index (χ1) is 13.6. The van der Waals surface area contributed by atoms with Gasteiger partial charge in [0.2, 0.25) is 11.6 Å². The van der Waals surface area contributed by atoms with Crippen molar-refractivity contribution < 1.29 is 27.4 Å². The maximum Gasteiger partial charge on any atom is 0.255 e. The zero-order valence-electron chi connectivity index (χ0n) is 18.5. The van der Waals surface area contributed by atoms with E-state index >= 15 is 0 Å². The molecule has 1 N–H and O–H groups in total. The van der Waals surface area contributed by atoms with Crippen molar-refractivity contribution in [2.75, 3.05) is 6.61 Å². The highest BCUT2D eigenvalue weighted by molar-refractivity contribution is 5.50. The lowest BCUT2D eigenvalue weighted by Crippen LogP contribution is -2.18. The second-order valence-corrected chi connectivity index (χ2v) is 9.65. The average Bonchev–Trinajstić information content (AvgIpc) is 2.61. The van der Waals surface area contributed by atoms with Crippen LogP contribution in [0.1, 0.15) is 77.5 Å². The van der Waals surface area contributed by atoms with Gasteiger partial charge in [0.15, 0.2) is 5.75 Å². The molecule has 1 aromatic carbocycles. The molecule has 0 amide bonds. The molecule has 1 atom stereocenters. The van der Waals surface area contributed by atoms with E-state index < -0.39 is 29.3 Å². The zero-order chi connectivity index (χ0) is 23.0. The molecule has 0 fully saturated rings. The summed E-state index contributed by atoms with van der Waals surface area (Å²) in [6.07, 6.45) is 0.336. The smallest absolute Gasteiger partial charge is 0.255 e. The summed E-state index contributed by atoms with van der Waals surface area (Å²) in [6, 6.07) is 3.84. The Labute approximate surface area is 175 Å². The van der Waals surface area contributed by atoms with Crippen LogP contribution in [0.5, 0.6) is 11.5 Å². The number of benzene rings is 1. The zero-order valence-corrected chi connectivity index (χ0v) is 18.5. The van der Waals surface area contributed by atoms with Crippen LogP contribution in [-0.4, -0.2) is 16.7 Å². The van der Waals surface area contributed by atoms with Gasteiger partial charge in [-0.15, -0.1) is 0 Å². The van der Waals surface area contributed by atoms with E-state index in [1.807, 2.05) is 60.6 Å². The van der Waals surface area contributed by atoms with Crippen molar-refractivity contribution in [3.05, 3.63) is 52.4 Å². The Kier molecular flexibility index (Phi) is 6.74. The Morgan fingerprint density at radius 3 is 1.73 bits per heavy atom. The number of phenolic OH excluding ortho intramolecular Hbond substituents is 1. The molecular formula is C23H29F4NO2. The van der Waals surface area contributed by atoms with Gasteiger partial charge in [-0.3, -0.25) is 0 Å². The summed E-state index contributed by atoms with van der Waals surface area (Å²) in [5, 5.41) is 10.8. The van der Waals surface area contributed by atoms with E-state index in [1.165, 1.54) is 0 Å². The Balaban J connectivity index is 2.29. The standard InChI is InChI=1S/C23H29F4NO2/c1-12(8-9-30-19-16(24)20(26)28-21(27)17(19)25)13-10-14(22(2,3)4)18(29)15(11-13)23(5,6)7/h10-12,29H,8-9H2,1-7H3. The molecule has 1 unspecified atom stereocenters. The van der Waals surface area contributed by atoms with Crippen LogP contribution in [0, 0.1) is 23.5 Å². The predicted molar refractivity (Wildman–Crippen MR) is 108 cm³/mol. The third kappa shape index (κ3) is 5.05. The van der Waals surface area contributed by atoms with Gasteiger partial charge in [0.1, 0.15) is 5.75 Å². The minimum absolute atomic E-state index is 0.101. The molecule has 30 heavy (non-hydrogen) atoms. The first-order valence-electron chi connectivity index (χ1n) is 9.85. The second-order valence-electron chi connectivity index (χ2n) is 9.65. The number of phenols is 1. The van der Waals surface area contributed by atoms with Gasteiger partial charge in [-0.2, -0.15) is 22.5 Å². The summed E-state index contributed by atoms with van der Waals surface area (Å²) in [7, 11) is 0. The summed E-state index contributed by atoms with van der Waals surface area (Å²) in [6.45, 7) is 13.8. The lowest BCUT2D eigenvalue weighted by molar-refractivity contribution is 0.254. The van der Waals surface area contributed by atoms with Crippen LogP contribution in [-0.2, 0) is 10.8 Å². The largest absolute Gasteiger partial charge is 0.507 e. The van der Waals surface area contributed by atoms with Crippen molar-refractivity contribution in [1.82, 2.24) is 4.98 Å². The number of pyridine rings is 1. The predicted octanol–water partition coefficient (Wildman–Crippen LogP) is 6.51. The molecule has 0 bridgehead atoms. The molecule has 0 radical (unpaired) electrons. The first-order valence-corrected chi connectivity index (χ1v) is 9.85. The lowest BCUT2D eigenvalue weighted by atomic mass is 9.77. The molecule has 7 heteroatoms. The summed E-state index contributed by atoms with van der Waals surface area (Å²) < 4.78 is 58.9. The maximum absolute atomic E-state index is 13.7. The van der Waals surface area contributed by atoms with Gasteiger partial charge in [0.05, 0.1) is 6.61 Å². The number of aromatic hydroxyl groups is 1. The second kappa shape index (κ2) is 8.44. The number of ether oxygens (including phenoxy) is 1. The van der Waals surface area contributed by atoms with E-state index in [1.54, 1.807) is 0 Å². The Hall–Kier alpha value is -2.31. The Bertz CT molecular complexity index is 869. The first kappa shape index (κ1) is 24.0. The monoisotopic (exact) mass is 427 g/mol. The van der Waals surface area contributed by atoms with E-state index in [9.17, 15) is 22.7 Å². The van der Waals surface area contributed by atoms with E-state index in [2.05, 4.69) is 4.98 Å². The third-order valence-corrected chi connectivity index (χ3v) is 5.07. The van der Waals surface area contributed by atoms with E-state index in [-0.39, 0.29) is 29.1 Å². The molecule has 166 valence electrons. The lowest BCUT2D eigenvalue weighted by Gasteiger charge is -2.29. The molecule has 0 aliphatic heterocycles. The quantitative estimate of drug-likeness (QED) is 0.437. The van der Waals surface area contributed by atoms with E-state index in [0.717, 1.165) is 16.7 Å². The molecule has 1 aromatic heterocycles. The maximum atomic E-state index is 13.7. The highest BCUT2D eigenvalue weighted by Gasteiger charge is 2.28. The van der Waals surface area contributed by atoms with Crippen molar-refractivity contribution in [1.29, 1.82) is 0 Å². The molecule has 0 aliphatic carbocycles. The number of hydrogen-bond donors (Lipinski definition) is 1. The van der Waals surface area contributed by atoms with Gasteiger partial charge in [-0.25, -0.2) is 0 Å². The van der Waals surface area contributed by atoms with Crippen LogP contribution in [0.3, 0.4) is 0 Å². The minimum atomic E-state index is -1.75. The van der Waals surface area contributed by atoms with Gasteiger partial charge in [0.25, 0.3) is 11.9 Å². The van der Waals surface area contributed by atoms with Crippen LogP contribution < -0.4 is 4.74 Å². The van der Waals surface area contributed by atoms with Gasteiger partial charge in [-0.05, 0) is 39.9 Å². The molecule has 2 rings (SSSR count). The number of nitrogens with zero attached hydrogens (tertiary/aromatic N) is 1. The number of aromatic nitrogens is 1. The van der Waals surface area contributed by atoms with Gasteiger partial charge in [0, 0.05) is 0 Å². The summed E-state index contributed by atoms with van der Waals surface area (Å²) in [5.74, 6) is -7.76. The van der Waals surface area contributed by atoms with Crippen LogP contribution in [0.15, 0.2) is 12.1 Å². The highest BCUT2D eigenvalue weighted by atomic mass is 19.2. The van der Waals surface area contributed by atoms with Crippen molar-refractivity contribution in [3.8, 4) is 11.5 Å².